The van der Waals surface area contributed by atoms with Crippen LogP contribution >= 0.6 is 11.6 Å². The summed E-state index contributed by atoms with van der Waals surface area (Å²) < 4.78 is 10.6. The Morgan fingerprint density at radius 1 is 1.32 bits per heavy atom. The molecule has 102 valence electrons. The molecule has 2 aromatic rings. The molecule has 0 fully saturated rings. The fourth-order valence-corrected chi connectivity index (χ4v) is 1.76. The first-order valence-electron chi connectivity index (χ1n) is 6.03. The summed E-state index contributed by atoms with van der Waals surface area (Å²) in [6.45, 7) is 1.23. The molecule has 0 aliphatic carbocycles. The quantitative estimate of drug-likeness (QED) is 0.819. The van der Waals surface area contributed by atoms with Gasteiger partial charge in [0, 0.05) is 11.6 Å². The lowest BCUT2D eigenvalue weighted by Gasteiger charge is -2.13. The van der Waals surface area contributed by atoms with E-state index in [9.17, 15) is 5.11 Å². The van der Waals surface area contributed by atoms with Crippen LogP contribution in [0, 0.1) is 0 Å². The van der Waals surface area contributed by atoms with Gasteiger partial charge in [0.05, 0.1) is 12.8 Å². The second-order valence-corrected chi connectivity index (χ2v) is 4.57. The van der Waals surface area contributed by atoms with Crippen LogP contribution in [0.3, 0.4) is 0 Å². The Bertz CT molecular complexity index is 487. The molecule has 1 aromatic carbocycles. The van der Waals surface area contributed by atoms with Crippen molar-refractivity contribution in [3.63, 3.8) is 0 Å². The van der Waals surface area contributed by atoms with Gasteiger partial charge in [-0.1, -0.05) is 17.7 Å². The van der Waals surface area contributed by atoms with E-state index in [1.807, 2.05) is 12.1 Å². The van der Waals surface area contributed by atoms with E-state index in [0.717, 1.165) is 5.76 Å². The first kappa shape index (κ1) is 13.9. The summed E-state index contributed by atoms with van der Waals surface area (Å²) >= 11 is 5.84. The van der Waals surface area contributed by atoms with Crippen LogP contribution in [0.4, 0.5) is 0 Å². The number of rotatable bonds is 7. The number of halogens is 1. The summed E-state index contributed by atoms with van der Waals surface area (Å²) in [5.41, 5.74) is 0. The molecule has 19 heavy (non-hydrogen) atoms. The normalized spacial score (nSPS) is 12.3. The van der Waals surface area contributed by atoms with Crippen LogP contribution in [-0.4, -0.2) is 24.4 Å². The molecule has 1 heterocycles. The molecule has 1 unspecified atom stereocenters. The molecule has 0 spiro atoms. The largest absolute Gasteiger partial charge is 0.491 e. The molecule has 1 atom stereocenters. The number of benzene rings is 1. The van der Waals surface area contributed by atoms with Gasteiger partial charge in [-0.3, -0.25) is 0 Å². The maximum Gasteiger partial charge on any atom is 0.120 e. The van der Waals surface area contributed by atoms with Crippen LogP contribution < -0.4 is 10.1 Å². The van der Waals surface area contributed by atoms with E-state index < -0.39 is 6.10 Å². The highest BCUT2D eigenvalue weighted by atomic mass is 35.5. The van der Waals surface area contributed by atoms with Crippen molar-refractivity contribution in [3.05, 3.63) is 53.4 Å². The third kappa shape index (κ3) is 4.95. The molecule has 0 bridgehead atoms. The number of furan rings is 1. The summed E-state index contributed by atoms with van der Waals surface area (Å²) in [6.07, 6.45) is 1.03. The molecule has 0 amide bonds. The summed E-state index contributed by atoms with van der Waals surface area (Å²) in [7, 11) is 0. The molecular formula is C14H16ClNO3. The van der Waals surface area contributed by atoms with Crippen molar-refractivity contribution in [3.8, 4) is 5.75 Å². The second kappa shape index (κ2) is 7.19. The Morgan fingerprint density at radius 3 is 2.95 bits per heavy atom. The minimum atomic E-state index is -0.589. The van der Waals surface area contributed by atoms with Gasteiger partial charge in [-0.2, -0.15) is 0 Å². The number of hydrogen-bond donors (Lipinski definition) is 2. The van der Waals surface area contributed by atoms with Crippen molar-refractivity contribution < 1.29 is 14.3 Å². The van der Waals surface area contributed by atoms with Crippen LogP contribution in [0.25, 0.3) is 0 Å². The Labute approximate surface area is 117 Å². The third-order valence-electron chi connectivity index (χ3n) is 2.50. The Balaban J connectivity index is 1.65. The minimum Gasteiger partial charge on any atom is -0.491 e. The van der Waals surface area contributed by atoms with Gasteiger partial charge in [0.2, 0.25) is 0 Å². The zero-order chi connectivity index (χ0) is 13.5. The number of hydrogen-bond acceptors (Lipinski definition) is 4. The minimum absolute atomic E-state index is 0.214. The lowest BCUT2D eigenvalue weighted by molar-refractivity contribution is 0.106. The van der Waals surface area contributed by atoms with Gasteiger partial charge >= 0.3 is 0 Å². The zero-order valence-electron chi connectivity index (χ0n) is 10.4. The Hall–Kier alpha value is -1.49. The van der Waals surface area contributed by atoms with E-state index in [2.05, 4.69) is 5.32 Å². The average molecular weight is 282 g/mol. The molecule has 5 heteroatoms. The van der Waals surface area contributed by atoms with E-state index in [1.54, 1.807) is 30.5 Å². The number of aliphatic hydroxyl groups excluding tert-OH is 1. The number of ether oxygens (including phenoxy) is 1. The van der Waals surface area contributed by atoms with Gasteiger partial charge < -0.3 is 19.6 Å². The average Bonchev–Trinajstić information content (AvgIpc) is 2.90. The van der Waals surface area contributed by atoms with Crippen molar-refractivity contribution in [2.45, 2.75) is 12.6 Å². The van der Waals surface area contributed by atoms with Gasteiger partial charge in [0.15, 0.2) is 0 Å². The Morgan fingerprint density at radius 2 is 2.21 bits per heavy atom. The molecule has 1 aromatic heterocycles. The predicted octanol–water partition coefficient (Wildman–Crippen LogP) is 2.46. The van der Waals surface area contributed by atoms with Gasteiger partial charge in [-0.05, 0) is 30.3 Å². The number of nitrogens with one attached hydrogen (secondary N) is 1. The highest BCUT2D eigenvalue weighted by Gasteiger charge is 2.05. The van der Waals surface area contributed by atoms with Gasteiger partial charge in [-0.25, -0.2) is 0 Å². The lowest BCUT2D eigenvalue weighted by Crippen LogP contribution is -2.31. The third-order valence-corrected chi connectivity index (χ3v) is 2.73. The first-order chi connectivity index (χ1) is 9.24. The first-order valence-corrected chi connectivity index (χ1v) is 6.41. The molecular weight excluding hydrogens is 266 g/mol. The Kier molecular flexibility index (Phi) is 5.27. The van der Waals surface area contributed by atoms with Crippen molar-refractivity contribution in [2.24, 2.45) is 0 Å². The standard InChI is InChI=1S/C14H16ClNO3/c15-11-3-1-4-13(7-11)19-10-12(17)8-16-9-14-5-2-6-18-14/h1-7,12,16-17H,8-10H2. The molecule has 0 aliphatic rings. The van der Waals surface area contributed by atoms with E-state index in [4.69, 9.17) is 20.8 Å². The van der Waals surface area contributed by atoms with Gasteiger partial charge in [0.25, 0.3) is 0 Å². The fraction of sp³-hybridized carbons (Fsp3) is 0.286. The second-order valence-electron chi connectivity index (χ2n) is 4.13. The van der Waals surface area contributed by atoms with Crippen LogP contribution in [0.15, 0.2) is 47.1 Å². The molecule has 2 rings (SSSR count). The SMILES string of the molecule is OC(CNCc1ccco1)COc1cccc(Cl)c1. The molecule has 4 nitrogen and oxygen atoms in total. The van der Waals surface area contributed by atoms with Crippen molar-refractivity contribution in [1.29, 1.82) is 0 Å². The van der Waals surface area contributed by atoms with Crippen LogP contribution in [-0.2, 0) is 6.54 Å². The molecule has 0 saturated carbocycles. The topological polar surface area (TPSA) is 54.6 Å². The fourth-order valence-electron chi connectivity index (χ4n) is 1.58. The predicted molar refractivity (Wildman–Crippen MR) is 73.4 cm³/mol. The summed E-state index contributed by atoms with van der Waals surface area (Å²) in [4.78, 5) is 0. The highest BCUT2D eigenvalue weighted by Crippen LogP contribution is 2.17. The van der Waals surface area contributed by atoms with Crippen LogP contribution in [0.2, 0.25) is 5.02 Å². The van der Waals surface area contributed by atoms with Crippen LogP contribution in [0.1, 0.15) is 5.76 Å². The summed E-state index contributed by atoms with van der Waals surface area (Å²) in [5, 5.41) is 13.5. The number of aliphatic hydroxyl groups is 1. The molecule has 0 radical (unpaired) electrons. The summed E-state index contributed by atoms with van der Waals surface area (Å²) in [5.74, 6) is 1.49. The van der Waals surface area contributed by atoms with Gasteiger partial charge in [-0.15, -0.1) is 0 Å². The van der Waals surface area contributed by atoms with Crippen LogP contribution in [0.5, 0.6) is 5.75 Å². The smallest absolute Gasteiger partial charge is 0.120 e. The van der Waals surface area contributed by atoms with E-state index in [-0.39, 0.29) is 6.61 Å². The van der Waals surface area contributed by atoms with E-state index in [0.29, 0.717) is 23.9 Å². The van der Waals surface area contributed by atoms with E-state index >= 15 is 0 Å². The molecule has 0 aliphatic heterocycles. The monoisotopic (exact) mass is 281 g/mol. The molecule has 2 N–H and O–H groups in total. The summed E-state index contributed by atoms with van der Waals surface area (Å²) in [6, 6.07) is 10.8. The molecule has 0 saturated heterocycles. The van der Waals surface area contributed by atoms with Crippen molar-refractivity contribution in [1.82, 2.24) is 5.32 Å². The van der Waals surface area contributed by atoms with Gasteiger partial charge in [0.1, 0.15) is 24.2 Å². The maximum absolute atomic E-state index is 9.76. The van der Waals surface area contributed by atoms with Crippen molar-refractivity contribution >= 4 is 11.6 Å². The van der Waals surface area contributed by atoms with Crippen molar-refractivity contribution in [2.75, 3.05) is 13.2 Å². The lowest BCUT2D eigenvalue weighted by atomic mass is 10.3. The van der Waals surface area contributed by atoms with E-state index in [1.165, 1.54) is 0 Å². The maximum atomic E-state index is 9.76. The highest BCUT2D eigenvalue weighted by molar-refractivity contribution is 6.30. The zero-order valence-corrected chi connectivity index (χ0v) is 11.1.